The molecular weight excluding hydrogens is 354 g/mol. The van der Waals surface area contributed by atoms with Crippen molar-refractivity contribution in [1.29, 1.82) is 0 Å². The molecule has 0 saturated heterocycles. The minimum absolute atomic E-state index is 1.22. The molecule has 0 aliphatic heterocycles. The largest absolute Gasteiger partial charge is 0.527 e. The third-order valence-corrected chi connectivity index (χ3v) is 1.75. The fraction of sp³-hybridized carbons (Fsp3) is 1.00. The van der Waals surface area contributed by atoms with E-state index in [1.54, 1.807) is 0 Å². The average Bonchev–Trinajstić information content (AvgIpc) is 2.10. The Bertz CT molecular complexity index is 374. The van der Waals surface area contributed by atoms with E-state index in [9.17, 15) is 61.5 Å². The molecule has 0 atom stereocenters. The highest BCUT2D eigenvalue weighted by Crippen LogP contribution is 2.58. The maximum Gasteiger partial charge on any atom is 0.527 e. The molecule has 0 aromatic rings. The minimum atomic E-state index is -7.94. The van der Waals surface area contributed by atoms with Gasteiger partial charge in [0.05, 0.1) is 0 Å². The van der Waals surface area contributed by atoms with Crippen LogP contribution in [-0.4, -0.2) is 36.4 Å². The van der Waals surface area contributed by atoms with Crippen LogP contribution in [-0.2, 0) is 4.74 Å². The van der Waals surface area contributed by atoms with E-state index in [1.807, 2.05) is 0 Å². The van der Waals surface area contributed by atoms with Gasteiger partial charge in [0, 0.05) is 0 Å². The topological polar surface area (TPSA) is 9.23 Å². The summed E-state index contributed by atoms with van der Waals surface area (Å²) in [6.45, 7) is 0. The zero-order chi connectivity index (χ0) is 17.7. The molecule has 0 rings (SSSR count). The van der Waals surface area contributed by atoms with Crippen molar-refractivity contribution in [3.05, 3.63) is 0 Å². The first-order chi connectivity index (χ1) is 8.71. The molecule has 1 nitrogen and oxygen atoms in total. The van der Waals surface area contributed by atoms with Crippen LogP contribution in [0.5, 0.6) is 0 Å². The quantitative estimate of drug-likeness (QED) is 0.672. The minimum Gasteiger partial charge on any atom is -0.221 e. The lowest BCUT2D eigenvalue weighted by Crippen LogP contribution is -2.67. The molecule has 0 amide bonds. The molecule has 0 saturated carbocycles. The van der Waals surface area contributed by atoms with Crippen molar-refractivity contribution < 1.29 is 66.2 Å². The van der Waals surface area contributed by atoms with Crippen molar-refractivity contribution in [3.63, 3.8) is 0 Å². The highest BCUT2D eigenvalue weighted by molar-refractivity contribution is 5.03. The molecule has 0 bridgehead atoms. The Morgan fingerprint density at radius 3 is 1.00 bits per heavy atom. The fourth-order valence-corrected chi connectivity index (χ4v) is 0.767. The van der Waals surface area contributed by atoms with E-state index in [2.05, 4.69) is 0 Å². The van der Waals surface area contributed by atoms with Crippen LogP contribution in [0, 0.1) is 0 Å². The Morgan fingerprint density at radius 2 is 0.762 bits per heavy atom. The standard InChI is InChI=1S/C6F14O/c7-1(8,2(9,10)4(13,14)15)3(11,12)5(16,17)21-6(18,19)20. The SMILES string of the molecule is FC(F)(F)OC(F)(F)C(F)(F)C(F)(F)C(F)(F)C(F)(F)F. The normalized spacial score (nSPS) is 16.3. The monoisotopic (exact) mass is 354 g/mol. The summed E-state index contributed by atoms with van der Waals surface area (Å²) >= 11 is 0. The lowest BCUT2D eigenvalue weighted by atomic mass is 10.0. The second-order valence-electron chi connectivity index (χ2n) is 3.29. The number of hydrogen-bond donors (Lipinski definition) is 0. The maximum absolute atomic E-state index is 12.4. The third kappa shape index (κ3) is 3.26. The van der Waals surface area contributed by atoms with Crippen LogP contribution in [0.3, 0.4) is 0 Å². The zero-order valence-electron chi connectivity index (χ0n) is 8.70. The molecule has 0 heterocycles. The van der Waals surface area contributed by atoms with Crippen molar-refractivity contribution in [3.8, 4) is 0 Å². The van der Waals surface area contributed by atoms with Crippen molar-refractivity contribution in [2.75, 3.05) is 0 Å². The number of halogens is 14. The highest BCUT2D eigenvalue weighted by Gasteiger charge is 2.88. The van der Waals surface area contributed by atoms with Gasteiger partial charge in [-0.2, -0.15) is 48.3 Å². The molecular formula is C6F14O. The number of alkyl halides is 14. The summed E-state index contributed by atoms with van der Waals surface area (Å²) in [7, 11) is 0. The molecule has 0 aromatic carbocycles. The first-order valence-electron chi connectivity index (χ1n) is 4.05. The smallest absolute Gasteiger partial charge is 0.221 e. The van der Waals surface area contributed by atoms with Crippen molar-refractivity contribution in [2.45, 2.75) is 36.4 Å². The molecule has 0 spiro atoms. The summed E-state index contributed by atoms with van der Waals surface area (Å²) in [5.41, 5.74) is 0. The van der Waals surface area contributed by atoms with E-state index in [0.717, 1.165) is 0 Å². The molecule has 0 aliphatic carbocycles. The van der Waals surface area contributed by atoms with Gasteiger partial charge < -0.3 is 0 Å². The fourth-order valence-electron chi connectivity index (χ4n) is 0.767. The average molecular weight is 354 g/mol. The van der Waals surface area contributed by atoms with Crippen LogP contribution in [0.2, 0.25) is 0 Å². The predicted molar refractivity (Wildman–Crippen MR) is 33.0 cm³/mol. The Hall–Kier alpha value is -1.02. The summed E-state index contributed by atoms with van der Waals surface area (Å²) in [5, 5.41) is 0. The van der Waals surface area contributed by atoms with Crippen LogP contribution in [0.25, 0.3) is 0 Å². The summed E-state index contributed by atoms with van der Waals surface area (Å²) in [5.74, 6) is -23.5. The van der Waals surface area contributed by atoms with Crippen LogP contribution in [0.15, 0.2) is 0 Å². The van der Waals surface area contributed by atoms with Gasteiger partial charge in [-0.15, -0.1) is 13.2 Å². The van der Waals surface area contributed by atoms with Gasteiger partial charge >= 0.3 is 36.4 Å². The molecule has 0 aromatic heterocycles. The number of hydrogen-bond acceptors (Lipinski definition) is 1. The van der Waals surface area contributed by atoms with Crippen molar-refractivity contribution in [2.24, 2.45) is 0 Å². The van der Waals surface area contributed by atoms with Crippen molar-refractivity contribution in [1.82, 2.24) is 0 Å². The Labute approximate surface area is 104 Å². The van der Waals surface area contributed by atoms with E-state index in [-0.39, 0.29) is 0 Å². The van der Waals surface area contributed by atoms with E-state index in [0.29, 0.717) is 0 Å². The summed E-state index contributed by atoms with van der Waals surface area (Å²) in [6.07, 6.45) is -21.6. The van der Waals surface area contributed by atoms with Crippen molar-refractivity contribution >= 4 is 0 Å². The molecule has 0 unspecified atom stereocenters. The Kier molecular flexibility index (Phi) is 4.51. The Balaban J connectivity index is 5.89. The summed E-state index contributed by atoms with van der Waals surface area (Å²) < 4.78 is 168. The molecule has 0 N–H and O–H groups in total. The molecule has 0 fully saturated rings. The molecule has 0 radical (unpaired) electrons. The number of rotatable bonds is 4. The van der Waals surface area contributed by atoms with E-state index in [1.165, 1.54) is 4.74 Å². The van der Waals surface area contributed by atoms with Gasteiger partial charge in [-0.25, -0.2) is 4.74 Å². The van der Waals surface area contributed by atoms with Gasteiger partial charge in [0.2, 0.25) is 0 Å². The molecule has 21 heavy (non-hydrogen) atoms. The molecule has 128 valence electrons. The zero-order valence-corrected chi connectivity index (χ0v) is 8.70. The third-order valence-electron chi connectivity index (χ3n) is 1.75. The van der Waals surface area contributed by atoms with Crippen LogP contribution in [0.4, 0.5) is 61.5 Å². The van der Waals surface area contributed by atoms with Gasteiger partial charge in [0.15, 0.2) is 0 Å². The van der Waals surface area contributed by atoms with Crippen LogP contribution < -0.4 is 0 Å². The van der Waals surface area contributed by atoms with E-state index in [4.69, 9.17) is 0 Å². The number of ether oxygens (including phenoxy) is 1. The molecule has 0 aliphatic rings. The first-order valence-corrected chi connectivity index (χ1v) is 4.05. The van der Waals surface area contributed by atoms with Gasteiger partial charge in [0.25, 0.3) is 0 Å². The molecule has 15 heteroatoms. The second-order valence-corrected chi connectivity index (χ2v) is 3.29. The van der Waals surface area contributed by atoms with E-state index < -0.39 is 36.4 Å². The second kappa shape index (κ2) is 4.74. The van der Waals surface area contributed by atoms with Gasteiger partial charge in [-0.1, -0.05) is 0 Å². The summed E-state index contributed by atoms with van der Waals surface area (Å²) in [6, 6.07) is 0. The summed E-state index contributed by atoms with van der Waals surface area (Å²) in [4.78, 5) is 0. The lowest BCUT2D eigenvalue weighted by molar-refractivity contribution is -0.505. The van der Waals surface area contributed by atoms with E-state index >= 15 is 0 Å². The van der Waals surface area contributed by atoms with Crippen LogP contribution >= 0.6 is 0 Å². The van der Waals surface area contributed by atoms with Gasteiger partial charge in [0.1, 0.15) is 0 Å². The van der Waals surface area contributed by atoms with Gasteiger partial charge in [-0.3, -0.25) is 0 Å². The highest BCUT2D eigenvalue weighted by atomic mass is 19.4. The van der Waals surface area contributed by atoms with Gasteiger partial charge in [-0.05, 0) is 0 Å². The maximum atomic E-state index is 12.4. The first kappa shape index (κ1) is 20.0. The predicted octanol–water partition coefficient (Wildman–Crippen LogP) is 4.58. The Morgan fingerprint density at radius 1 is 0.429 bits per heavy atom. The van der Waals surface area contributed by atoms with Crippen LogP contribution in [0.1, 0.15) is 0 Å². The lowest BCUT2D eigenvalue weighted by Gasteiger charge is -2.36.